The van der Waals surface area contributed by atoms with E-state index in [-0.39, 0.29) is 68.9 Å². The van der Waals surface area contributed by atoms with Gasteiger partial charge in [-0.2, -0.15) is 114 Å². The molecule has 0 bridgehead atoms. The number of nitrogens with one attached hydrogen (secondary N) is 2. The fourth-order valence-electron chi connectivity index (χ4n) is 5.54. The molecular weight excluding hydrogens is 1210 g/mol. The van der Waals surface area contributed by atoms with Gasteiger partial charge in [0, 0.05) is 38.8 Å². The van der Waals surface area contributed by atoms with Crippen molar-refractivity contribution in [3.63, 3.8) is 0 Å². The molecular formula is C31H44Br2F26N4O4S2. The number of sulfonamides is 2. The van der Waals surface area contributed by atoms with Gasteiger partial charge in [-0.1, -0.05) is 0 Å². The third kappa shape index (κ3) is 16.4. The molecule has 0 aliphatic heterocycles. The Balaban J connectivity index is -0.0000218. The third-order valence-electron chi connectivity index (χ3n) is 9.92. The van der Waals surface area contributed by atoms with Crippen LogP contribution in [0.4, 0.5) is 114 Å². The summed E-state index contributed by atoms with van der Waals surface area (Å²) in [5.74, 6) is -81.2. The van der Waals surface area contributed by atoms with E-state index in [0.717, 1.165) is 0 Å². The number of unbranched alkanes of at least 4 members (excludes halogenated alkanes) is 2. The highest BCUT2D eigenvalue weighted by Gasteiger charge is 2.92. The molecule has 0 unspecified atom stereocenters. The zero-order valence-electron chi connectivity index (χ0n) is 35.5. The number of alkyl halides is 26. The van der Waals surface area contributed by atoms with Gasteiger partial charge in [0.2, 0.25) is 20.0 Å². The second kappa shape index (κ2) is 23.2. The molecule has 0 heterocycles. The molecule has 8 nitrogen and oxygen atoms in total. The quantitative estimate of drug-likeness (QED) is 0.0658. The van der Waals surface area contributed by atoms with Crippen LogP contribution in [0.3, 0.4) is 0 Å². The van der Waals surface area contributed by atoms with E-state index in [1.807, 2.05) is 0 Å². The largest absolute Gasteiger partial charge is 1.00 e. The Morgan fingerprint density at radius 1 is 0.333 bits per heavy atom. The minimum absolute atomic E-state index is 0. The molecule has 0 radical (unpaired) electrons. The Bertz CT molecular complexity index is 1720. The Hall–Kier alpha value is -1.12. The molecule has 0 saturated heterocycles. The first kappa shape index (κ1) is 72.1. The minimum Gasteiger partial charge on any atom is -1.00 e. The van der Waals surface area contributed by atoms with Crippen LogP contribution in [0.5, 0.6) is 0 Å². The summed E-state index contributed by atoms with van der Waals surface area (Å²) in [4.78, 5) is 0. The first-order valence-electron chi connectivity index (χ1n) is 18.5. The van der Waals surface area contributed by atoms with Crippen molar-refractivity contribution in [1.29, 1.82) is 0 Å². The molecule has 0 aromatic rings. The molecule has 2 N–H and O–H groups in total. The van der Waals surface area contributed by atoms with Crippen LogP contribution in [0.1, 0.15) is 44.9 Å². The normalized spacial score (nSPS) is 15.5. The summed E-state index contributed by atoms with van der Waals surface area (Å²) in [6.07, 6.45) is -19.9. The van der Waals surface area contributed by atoms with Crippen LogP contribution in [0, 0.1) is 0 Å². The van der Waals surface area contributed by atoms with Crippen molar-refractivity contribution in [2.75, 3.05) is 79.0 Å². The van der Waals surface area contributed by atoms with Gasteiger partial charge >= 0.3 is 71.6 Å². The second-order valence-corrected chi connectivity index (χ2v) is 20.3. The van der Waals surface area contributed by atoms with E-state index in [1.165, 1.54) is 0 Å². The fourth-order valence-corrected chi connectivity index (χ4v) is 7.79. The summed E-state index contributed by atoms with van der Waals surface area (Å²) in [6.45, 7) is -0.318. The molecule has 0 aliphatic carbocycles. The van der Waals surface area contributed by atoms with Crippen molar-refractivity contribution in [2.45, 2.75) is 117 Å². The lowest BCUT2D eigenvalue weighted by molar-refractivity contribution is -0.892. The summed E-state index contributed by atoms with van der Waals surface area (Å²) in [7, 11) is -3.80. The molecule has 0 atom stereocenters. The summed E-state index contributed by atoms with van der Waals surface area (Å²) < 4.78 is 397. The average Bonchev–Trinajstić information content (AvgIpc) is 3.12. The standard InChI is InChI=1S/C31H44F26N4O4S2.2BrH/c1-60(2,16-8-12-58-66(62,63)18-10-20(32,33)22(36,37)24(40,41)26(44,45)28(48,49)30(52,53)54)14-6-5-7-15-61(3,4)17-9-13-59-67(64,65)19-11-21(34,35)23(38,39)25(42,43)27(46,47)29(50,51)31(55,56)57;;/h58-59H,5-19H2,1-4H3;2*1H/q+2;;/p-2. The van der Waals surface area contributed by atoms with E-state index < -0.39 is 129 Å². The van der Waals surface area contributed by atoms with Crippen molar-refractivity contribution in [3.8, 4) is 0 Å². The Morgan fingerprint density at radius 2 is 0.551 bits per heavy atom. The zero-order valence-corrected chi connectivity index (χ0v) is 40.3. The van der Waals surface area contributed by atoms with Crippen LogP contribution in [-0.4, -0.2) is 176 Å². The van der Waals surface area contributed by atoms with Gasteiger partial charge in [-0.25, -0.2) is 26.3 Å². The highest BCUT2D eigenvalue weighted by atomic mass is 79.9. The minimum atomic E-state index is -8.14. The maximum absolute atomic E-state index is 14.0. The van der Waals surface area contributed by atoms with Gasteiger partial charge in [0.25, 0.3) is 0 Å². The monoisotopic (exact) mass is 1250 g/mol. The number of halogens is 28. The van der Waals surface area contributed by atoms with Crippen molar-refractivity contribution in [3.05, 3.63) is 0 Å². The topological polar surface area (TPSA) is 92.3 Å². The number of rotatable bonds is 30. The number of hydrogen-bond acceptors (Lipinski definition) is 4. The van der Waals surface area contributed by atoms with E-state index in [2.05, 4.69) is 0 Å². The SMILES string of the molecule is C[N+](C)(CCCCC[N+](C)(C)CCCNS(=O)(=O)CCC(F)(F)C(F)(F)C(F)(F)C(F)(F)C(F)(F)C(F)(F)F)CCCNS(=O)(=O)CCC(F)(F)C(F)(F)C(F)(F)C(F)(F)C(F)(F)C(F)(F)F.[Br-].[Br-]. The van der Waals surface area contributed by atoms with Crippen molar-refractivity contribution in [1.82, 2.24) is 9.44 Å². The van der Waals surface area contributed by atoms with Gasteiger partial charge in [0.05, 0.1) is 65.9 Å². The first-order chi connectivity index (χ1) is 29.0. The Morgan fingerprint density at radius 3 is 0.783 bits per heavy atom. The summed E-state index contributed by atoms with van der Waals surface area (Å²) >= 11 is 0. The molecule has 0 aromatic heterocycles. The van der Waals surface area contributed by atoms with Crippen molar-refractivity contribution < 1.29 is 174 Å². The third-order valence-corrected chi connectivity index (χ3v) is 12.7. The molecule has 69 heavy (non-hydrogen) atoms. The molecule has 0 rings (SSSR count). The van der Waals surface area contributed by atoms with Crippen molar-refractivity contribution in [2.24, 2.45) is 0 Å². The van der Waals surface area contributed by atoms with Crippen LogP contribution < -0.4 is 43.4 Å². The fraction of sp³-hybridized carbons (Fsp3) is 1.00. The maximum Gasteiger partial charge on any atom is 0.460 e. The highest BCUT2D eigenvalue weighted by molar-refractivity contribution is 7.89. The van der Waals surface area contributed by atoms with Crippen LogP contribution >= 0.6 is 0 Å². The summed E-state index contributed by atoms with van der Waals surface area (Å²) in [6, 6.07) is 0. The molecule has 0 aliphatic rings. The highest BCUT2D eigenvalue weighted by Crippen LogP contribution is 2.62. The van der Waals surface area contributed by atoms with Crippen LogP contribution in [0.2, 0.25) is 0 Å². The van der Waals surface area contributed by atoms with Gasteiger partial charge in [0.15, 0.2) is 0 Å². The smallest absolute Gasteiger partial charge is 0.460 e. The van der Waals surface area contributed by atoms with E-state index in [0.29, 0.717) is 32.4 Å². The number of nitrogens with zero attached hydrogens (tertiary/aromatic N) is 2. The molecule has 0 fully saturated rings. The predicted octanol–water partition coefficient (Wildman–Crippen LogP) is 3.19. The first-order valence-corrected chi connectivity index (χ1v) is 21.8. The number of quaternary nitrogens is 2. The predicted molar refractivity (Wildman–Crippen MR) is 181 cm³/mol. The lowest BCUT2D eigenvalue weighted by Gasteiger charge is -2.39. The van der Waals surface area contributed by atoms with E-state index in [1.54, 1.807) is 37.6 Å². The molecule has 0 aromatic carbocycles. The van der Waals surface area contributed by atoms with Gasteiger partial charge in [-0.15, -0.1) is 0 Å². The number of hydrogen-bond donors (Lipinski definition) is 2. The van der Waals surface area contributed by atoms with Gasteiger partial charge in [-0.05, 0) is 19.3 Å². The molecule has 0 saturated carbocycles. The summed E-state index contributed by atoms with van der Waals surface area (Å²) in [5, 5.41) is 0. The molecule has 38 heteroatoms. The summed E-state index contributed by atoms with van der Waals surface area (Å²) in [5.41, 5.74) is 0. The molecule has 0 spiro atoms. The van der Waals surface area contributed by atoms with Gasteiger partial charge < -0.3 is 42.9 Å². The van der Waals surface area contributed by atoms with Crippen LogP contribution in [0.15, 0.2) is 0 Å². The maximum atomic E-state index is 14.0. The zero-order chi connectivity index (χ0) is 54.0. The van der Waals surface area contributed by atoms with Crippen molar-refractivity contribution >= 4 is 20.0 Å². The lowest BCUT2D eigenvalue weighted by Crippen LogP contribution is -3.00. The van der Waals surface area contributed by atoms with E-state index in [9.17, 15) is 131 Å². The Kier molecular flexibility index (Phi) is 24.2. The van der Waals surface area contributed by atoms with Crippen LogP contribution in [0.25, 0.3) is 0 Å². The van der Waals surface area contributed by atoms with E-state index >= 15 is 0 Å². The Labute approximate surface area is 398 Å². The van der Waals surface area contributed by atoms with Crippen LogP contribution in [-0.2, 0) is 20.0 Å². The lowest BCUT2D eigenvalue weighted by atomic mass is 9.93. The van der Waals surface area contributed by atoms with Gasteiger partial charge in [-0.3, -0.25) is 0 Å². The second-order valence-electron chi connectivity index (χ2n) is 16.5. The molecule has 0 amide bonds. The molecule has 420 valence electrons. The van der Waals surface area contributed by atoms with Gasteiger partial charge in [0.1, 0.15) is 0 Å². The average molecular weight is 1250 g/mol. The van der Waals surface area contributed by atoms with E-state index in [4.69, 9.17) is 0 Å².